The smallest absolute Gasteiger partial charge is 0.272 e. The molecule has 41 heavy (non-hydrogen) atoms. The number of anilines is 1. The lowest BCUT2D eigenvalue weighted by atomic mass is 9.88. The largest absolute Gasteiger partial charge is 0.481 e. The number of halogens is 2. The number of rotatable bonds is 7. The molecule has 0 unspecified atom stereocenters. The third-order valence-corrected chi connectivity index (χ3v) is 8.54. The van der Waals surface area contributed by atoms with Crippen molar-refractivity contribution in [2.75, 3.05) is 31.6 Å². The topological polar surface area (TPSA) is 121 Å². The summed E-state index contributed by atoms with van der Waals surface area (Å²) in [5, 5.41) is 10.3. The molecule has 2 aliphatic heterocycles. The number of methoxy groups -OCH3 is 1. The van der Waals surface area contributed by atoms with Crippen molar-refractivity contribution in [3.8, 4) is 17.1 Å². The number of piperidine rings is 1. The summed E-state index contributed by atoms with van der Waals surface area (Å²) in [6.45, 7) is 9.07. The van der Waals surface area contributed by atoms with Crippen molar-refractivity contribution in [3.05, 3.63) is 64.2 Å². The van der Waals surface area contributed by atoms with Gasteiger partial charge in [-0.3, -0.25) is 19.7 Å². The van der Waals surface area contributed by atoms with Crippen molar-refractivity contribution in [2.45, 2.75) is 43.8 Å². The van der Waals surface area contributed by atoms with E-state index in [4.69, 9.17) is 22.9 Å². The molecule has 0 radical (unpaired) electrons. The van der Waals surface area contributed by atoms with Gasteiger partial charge in [0.2, 0.25) is 11.8 Å². The summed E-state index contributed by atoms with van der Waals surface area (Å²) >= 11 is 6.44. The molecule has 3 aromatic rings. The second-order valence-electron chi connectivity index (χ2n) is 10.8. The number of aromatic amines is 1. The summed E-state index contributed by atoms with van der Waals surface area (Å²) in [6.07, 6.45) is 5.50. The van der Waals surface area contributed by atoms with Gasteiger partial charge in [-0.1, -0.05) is 11.6 Å². The normalized spacial score (nSPS) is 19.4. The van der Waals surface area contributed by atoms with Crippen molar-refractivity contribution in [3.63, 3.8) is 0 Å². The van der Waals surface area contributed by atoms with Gasteiger partial charge in [-0.25, -0.2) is 15.9 Å². The van der Waals surface area contributed by atoms with Gasteiger partial charge in [-0.05, 0) is 37.8 Å². The van der Waals surface area contributed by atoms with E-state index in [1.165, 1.54) is 19.2 Å². The number of ether oxygens (including phenoxy) is 1. The maximum Gasteiger partial charge on any atom is 0.272 e. The molecule has 0 aromatic carbocycles. The van der Waals surface area contributed by atoms with Crippen LogP contribution < -0.4 is 15.0 Å². The van der Waals surface area contributed by atoms with E-state index >= 15 is 0 Å². The lowest BCUT2D eigenvalue weighted by molar-refractivity contribution is -0.127. The van der Waals surface area contributed by atoms with E-state index < -0.39 is 5.82 Å². The number of carbonyl (C=O) groups is 2. The van der Waals surface area contributed by atoms with Crippen LogP contribution in [0.2, 0.25) is 5.02 Å². The van der Waals surface area contributed by atoms with Crippen LogP contribution in [-0.2, 0) is 11.3 Å². The Balaban J connectivity index is 1.06. The Hall–Kier alpha value is -4.24. The summed E-state index contributed by atoms with van der Waals surface area (Å²) in [6, 6.07) is 4.80. The molecule has 3 aliphatic rings. The maximum absolute atomic E-state index is 14.4. The first-order valence-corrected chi connectivity index (χ1v) is 13.8. The molecular weight excluding hydrogens is 551 g/mol. The lowest BCUT2D eigenvalue weighted by Crippen LogP contribution is -2.50. The zero-order chi connectivity index (χ0) is 28.7. The second kappa shape index (κ2) is 10.6. The highest BCUT2D eigenvalue weighted by molar-refractivity contribution is 6.31. The van der Waals surface area contributed by atoms with E-state index in [2.05, 4.69) is 30.3 Å². The third kappa shape index (κ3) is 5.17. The van der Waals surface area contributed by atoms with Gasteiger partial charge in [-0.2, -0.15) is 5.10 Å². The molecule has 13 heteroatoms. The summed E-state index contributed by atoms with van der Waals surface area (Å²) in [7, 11) is 1.44. The number of amides is 2. The number of nitrogens with one attached hydrogen (secondary N) is 2. The second-order valence-corrected chi connectivity index (χ2v) is 11.2. The lowest BCUT2D eigenvalue weighted by Gasteiger charge is -2.39. The van der Waals surface area contributed by atoms with Gasteiger partial charge in [0, 0.05) is 29.6 Å². The van der Waals surface area contributed by atoms with Crippen LogP contribution in [0.15, 0.2) is 30.6 Å². The van der Waals surface area contributed by atoms with Crippen molar-refractivity contribution in [2.24, 2.45) is 5.92 Å². The molecule has 3 fully saturated rings. The number of pyridine rings is 2. The Morgan fingerprint density at radius 1 is 1.27 bits per heavy atom. The standard InChI is InChI=1S/C28H28ClFN8O3/c1-31-17-14-37(15-17)18-7-20(29)24(32-11-18)13-34-26(39)16-3-6-38(28(10-16)4-5-28)27(40)23-9-22(35-36-23)19-8-25(41-2)33-12-21(19)30/h7-9,11-12,16-17H,3-6,10,13-15H2,2H3,(H,34,39)(H,35,36)/t16-/m0/s1. The number of nitrogens with zero attached hydrogens (tertiary/aromatic N) is 6. The minimum Gasteiger partial charge on any atom is -0.481 e. The molecule has 3 aromatic heterocycles. The molecule has 2 saturated heterocycles. The number of H-pyrrole nitrogens is 1. The van der Waals surface area contributed by atoms with Crippen LogP contribution >= 0.6 is 11.6 Å². The monoisotopic (exact) mass is 578 g/mol. The molecular formula is C28H28ClFN8O3. The van der Waals surface area contributed by atoms with Gasteiger partial charge in [0.25, 0.3) is 11.9 Å². The predicted octanol–water partition coefficient (Wildman–Crippen LogP) is 3.48. The van der Waals surface area contributed by atoms with Crippen molar-refractivity contribution in [1.82, 2.24) is 30.4 Å². The Bertz CT molecular complexity index is 1550. The number of carbonyl (C=O) groups excluding carboxylic acids is 2. The Morgan fingerprint density at radius 3 is 2.78 bits per heavy atom. The van der Waals surface area contributed by atoms with E-state index in [9.17, 15) is 14.0 Å². The van der Waals surface area contributed by atoms with E-state index in [-0.39, 0.29) is 58.7 Å². The quantitative estimate of drug-likeness (QED) is 0.412. The third-order valence-electron chi connectivity index (χ3n) is 8.21. The van der Waals surface area contributed by atoms with Crippen LogP contribution in [0.4, 0.5) is 10.1 Å². The van der Waals surface area contributed by atoms with E-state index in [1.807, 2.05) is 15.9 Å². The zero-order valence-corrected chi connectivity index (χ0v) is 23.1. The van der Waals surface area contributed by atoms with Crippen LogP contribution in [0, 0.1) is 18.3 Å². The highest BCUT2D eigenvalue weighted by atomic mass is 35.5. The molecule has 1 aliphatic carbocycles. The fraction of sp³-hybridized carbons (Fsp3) is 0.429. The van der Waals surface area contributed by atoms with E-state index in [1.54, 1.807) is 6.20 Å². The summed E-state index contributed by atoms with van der Waals surface area (Å²) in [5.41, 5.74) is 1.80. The van der Waals surface area contributed by atoms with Crippen molar-refractivity contribution < 1.29 is 18.7 Å². The Morgan fingerprint density at radius 2 is 2.07 bits per heavy atom. The average molecular weight is 579 g/mol. The van der Waals surface area contributed by atoms with Gasteiger partial charge < -0.3 is 24.7 Å². The predicted molar refractivity (Wildman–Crippen MR) is 148 cm³/mol. The highest BCUT2D eigenvalue weighted by Gasteiger charge is 2.54. The molecule has 5 heterocycles. The fourth-order valence-corrected chi connectivity index (χ4v) is 5.84. The SMILES string of the molecule is [C-]#[N+]C1CN(c2cnc(CNC(=O)[C@H]3CCN(C(=O)c4cc(-c5cc(OC)ncc5F)n[nH]4)C4(CC4)C3)c(Cl)c2)C1. The van der Waals surface area contributed by atoms with Crippen molar-refractivity contribution >= 4 is 29.1 Å². The van der Waals surface area contributed by atoms with Gasteiger partial charge in [-0.15, -0.1) is 0 Å². The van der Waals surface area contributed by atoms with Crippen LogP contribution in [0.1, 0.15) is 41.9 Å². The Kier molecular flexibility index (Phi) is 6.99. The fourth-order valence-electron chi connectivity index (χ4n) is 5.62. The number of likely N-dealkylation sites (tertiary alicyclic amines) is 1. The van der Waals surface area contributed by atoms with Crippen LogP contribution in [0.3, 0.4) is 0 Å². The minimum atomic E-state index is -0.569. The first kappa shape index (κ1) is 27.0. The van der Waals surface area contributed by atoms with Crippen LogP contribution in [-0.4, -0.2) is 75.2 Å². The molecule has 212 valence electrons. The van der Waals surface area contributed by atoms with E-state index in [0.717, 1.165) is 24.7 Å². The molecule has 1 saturated carbocycles. The number of hydrogen-bond donors (Lipinski definition) is 2. The molecule has 6 rings (SSSR count). The Labute approximate surface area is 240 Å². The van der Waals surface area contributed by atoms with Gasteiger partial charge in [0.15, 0.2) is 5.82 Å². The zero-order valence-electron chi connectivity index (χ0n) is 22.4. The van der Waals surface area contributed by atoms with Crippen LogP contribution in [0.5, 0.6) is 5.88 Å². The highest BCUT2D eigenvalue weighted by Crippen LogP contribution is 2.50. The maximum atomic E-state index is 14.4. The molecule has 1 atom stereocenters. The first-order chi connectivity index (χ1) is 19.8. The van der Waals surface area contributed by atoms with Gasteiger partial charge in [0.1, 0.15) is 5.69 Å². The molecule has 2 amide bonds. The molecule has 2 N–H and O–H groups in total. The number of aromatic nitrogens is 4. The van der Waals surface area contributed by atoms with Crippen molar-refractivity contribution in [1.29, 1.82) is 0 Å². The van der Waals surface area contributed by atoms with E-state index in [0.29, 0.717) is 43.2 Å². The first-order valence-electron chi connectivity index (χ1n) is 13.4. The summed E-state index contributed by atoms with van der Waals surface area (Å²) in [5.74, 6) is -0.865. The molecule has 0 bridgehead atoms. The minimum absolute atomic E-state index is 0.0161. The molecule has 1 spiro atoms. The average Bonchev–Trinajstić information content (AvgIpc) is 3.52. The van der Waals surface area contributed by atoms with Gasteiger partial charge >= 0.3 is 0 Å². The number of hydrogen-bond acceptors (Lipinski definition) is 7. The van der Waals surface area contributed by atoms with Crippen LogP contribution in [0.25, 0.3) is 16.1 Å². The summed E-state index contributed by atoms with van der Waals surface area (Å²) < 4.78 is 19.4. The van der Waals surface area contributed by atoms with Gasteiger partial charge in [0.05, 0.1) is 61.2 Å². The molecule has 11 nitrogen and oxygen atoms in total. The summed E-state index contributed by atoms with van der Waals surface area (Å²) in [4.78, 5) is 42.2.